The number of carboxylic acids is 1. The zero-order valence-electron chi connectivity index (χ0n) is 20.1. The van der Waals surface area contributed by atoms with Gasteiger partial charge >= 0.3 is 12.1 Å². The Bertz CT molecular complexity index is 1540. The van der Waals surface area contributed by atoms with Gasteiger partial charge in [0.05, 0.1) is 11.9 Å². The molecule has 3 aromatic carbocycles. The SMILES string of the molecule is C[C@@H](OC(=O)Nc1c(F)cnn1-c1cc(-c2ccccc2)c(C2CC2)c(F)c1C(=O)O)c1ccccc1Cl. The van der Waals surface area contributed by atoms with E-state index in [4.69, 9.17) is 16.3 Å². The summed E-state index contributed by atoms with van der Waals surface area (Å²) in [4.78, 5) is 24.9. The van der Waals surface area contributed by atoms with Crippen molar-refractivity contribution in [1.29, 1.82) is 0 Å². The number of rotatable bonds is 7. The zero-order valence-corrected chi connectivity index (χ0v) is 20.9. The van der Waals surface area contributed by atoms with E-state index in [0.29, 0.717) is 27.3 Å². The van der Waals surface area contributed by atoms with Crippen molar-refractivity contribution in [1.82, 2.24) is 9.78 Å². The molecule has 10 heteroatoms. The molecule has 2 N–H and O–H groups in total. The van der Waals surface area contributed by atoms with Gasteiger partial charge in [-0.15, -0.1) is 0 Å². The van der Waals surface area contributed by atoms with Crippen LogP contribution in [-0.4, -0.2) is 26.9 Å². The Morgan fingerprint density at radius 1 is 1.13 bits per heavy atom. The van der Waals surface area contributed by atoms with Crippen LogP contribution in [0.3, 0.4) is 0 Å². The fourth-order valence-electron chi connectivity index (χ4n) is 4.43. The van der Waals surface area contributed by atoms with Gasteiger partial charge in [0, 0.05) is 10.6 Å². The number of carbonyl (C=O) groups excluding carboxylic acids is 1. The number of anilines is 1. The molecule has 0 bridgehead atoms. The van der Waals surface area contributed by atoms with Gasteiger partial charge < -0.3 is 9.84 Å². The average Bonchev–Trinajstić information content (AvgIpc) is 3.67. The van der Waals surface area contributed by atoms with Crippen molar-refractivity contribution >= 4 is 29.5 Å². The molecule has 1 atom stereocenters. The van der Waals surface area contributed by atoms with Gasteiger partial charge in [-0.3, -0.25) is 5.32 Å². The van der Waals surface area contributed by atoms with E-state index < -0.39 is 41.2 Å². The number of nitrogens with one attached hydrogen (secondary N) is 1. The quantitative estimate of drug-likeness (QED) is 0.257. The summed E-state index contributed by atoms with van der Waals surface area (Å²) in [5.74, 6) is -4.03. The molecule has 1 fully saturated rings. The summed E-state index contributed by atoms with van der Waals surface area (Å²) in [6.45, 7) is 1.59. The van der Waals surface area contributed by atoms with Crippen LogP contribution in [0.1, 0.15) is 53.3 Å². The third kappa shape index (κ3) is 4.84. The van der Waals surface area contributed by atoms with Crippen LogP contribution in [0.25, 0.3) is 16.8 Å². The van der Waals surface area contributed by atoms with Crippen LogP contribution in [0.5, 0.6) is 0 Å². The molecule has 1 amide bonds. The van der Waals surface area contributed by atoms with Gasteiger partial charge in [-0.2, -0.15) is 5.10 Å². The molecule has 38 heavy (non-hydrogen) atoms. The molecule has 1 saturated carbocycles. The molecule has 4 aromatic rings. The number of hydrogen-bond acceptors (Lipinski definition) is 4. The zero-order chi connectivity index (χ0) is 27.0. The number of halogens is 3. The Morgan fingerprint density at radius 3 is 2.47 bits per heavy atom. The molecule has 0 aliphatic heterocycles. The summed E-state index contributed by atoms with van der Waals surface area (Å²) in [7, 11) is 0. The van der Waals surface area contributed by atoms with Crippen LogP contribution in [0, 0.1) is 11.6 Å². The predicted molar refractivity (Wildman–Crippen MR) is 138 cm³/mol. The first kappa shape index (κ1) is 25.4. The van der Waals surface area contributed by atoms with Crippen LogP contribution in [-0.2, 0) is 4.74 Å². The molecule has 194 valence electrons. The minimum Gasteiger partial charge on any atom is -0.478 e. The van der Waals surface area contributed by atoms with Crippen LogP contribution in [0.4, 0.5) is 19.4 Å². The largest absolute Gasteiger partial charge is 0.478 e. The highest BCUT2D eigenvalue weighted by Gasteiger charge is 2.35. The van der Waals surface area contributed by atoms with Gasteiger partial charge in [0.15, 0.2) is 11.6 Å². The molecule has 0 spiro atoms. The lowest BCUT2D eigenvalue weighted by atomic mass is 9.92. The van der Waals surface area contributed by atoms with Crippen molar-refractivity contribution in [2.45, 2.75) is 31.8 Å². The second kappa shape index (κ2) is 10.3. The van der Waals surface area contributed by atoms with Crippen molar-refractivity contribution in [3.8, 4) is 16.8 Å². The summed E-state index contributed by atoms with van der Waals surface area (Å²) in [5, 5.41) is 16.5. The van der Waals surface area contributed by atoms with E-state index in [1.807, 2.05) is 6.07 Å². The molecule has 0 radical (unpaired) electrons. The summed E-state index contributed by atoms with van der Waals surface area (Å²) in [6, 6.07) is 17.2. The summed E-state index contributed by atoms with van der Waals surface area (Å²) in [6.07, 6.45) is 0.445. The van der Waals surface area contributed by atoms with E-state index in [-0.39, 0.29) is 11.6 Å². The number of nitrogens with zero attached hydrogens (tertiary/aromatic N) is 2. The first-order chi connectivity index (χ1) is 18.3. The summed E-state index contributed by atoms with van der Waals surface area (Å²) >= 11 is 6.17. The van der Waals surface area contributed by atoms with Crippen LogP contribution in [0.15, 0.2) is 66.9 Å². The molecule has 1 aliphatic carbocycles. The van der Waals surface area contributed by atoms with Crippen molar-refractivity contribution in [2.75, 3.05) is 5.32 Å². The summed E-state index contributed by atoms with van der Waals surface area (Å²) < 4.78 is 36.9. The molecule has 5 rings (SSSR count). The standard InChI is InChI=1S/C28H22ClF2N3O4/c1-15(18-9-5-6-10-20(18)29)38-28(37)33-26-21(30)14-32-34(26)22-13-19(16-7-3-2-4-8-16)23(17-11-12-17)25(31)24(22)27(35)36/h2-10,13-15,17H,11-12H2,1H3,(H,33,37)(H,35,36)/t15-/m1/s1. The molecule has 7 nitrogen and oxygen atoms in total. The number of hydrogen-bond donors (Lipinski definition) is 2. The normalized spacial score (nSPS) is 13.7. The monoisotopic (exact) mass is 537 g/mol. The molecule has 1 aliphatic rings. The molecule has 1 heterocycles. The number of amides is 1. The highest BCUT2D eigenvalue weighted by Crippen LogP contribution is 2.47. The van der Waals surface area contributed by atoms with Crippen LogP contribution < -0.4 is 5.32 Å². The van der Waals surface area contributed by atoms with Crippen LogP contribution >= 0.6 is 11.6 Å². The maximum absolute atomic E-state index is 15.9. The lowest BCUT2D eigenvalue weighted by Gasteiger charge is -2.19. The van der Waals surface area contributed by atoms with Crippen molar-refractivity contribution in [2.24, 2.45) is 0 Å². The molecular formula is C28H22ClF2N3O4. The Labute approximate surface area is 221 Å². The number of carbonyl (C=O) groups is 2. The number of ether oxygens (including phenoxy) is 1. The topological polar surface area (TPSA) is 93.5 Å². The Hall–Kier alpha value is -4.24. The Kier molecular flexibility index (Phi) is 6.86. The molecule has 0 unspecified atom stereocenters. The summed E-state index contributed by atoms with van der Waals surface area (Å²) in [5.41, 5.74) is 1.07. The first-order valence-electron chi connectivity index (χ1n) is 11.9. The number of carboxylic acid groups (broad SMARTS) is 1. The smallest absolute Gasteiger partial charge is 0.413 e. The fraction of sp³-hybridized carbons (Fsp3) is 0.179. The third-order valence-electron chi connectivity index (χ3n) is 6.37. The van der Waals surface area contributed by atoms with Crippen LogP contribution in [0.2, 0.25) is 5.02 Å². The van der Waals surface area contributed by atoms with Gasteiger partial charge in [0.25, 0.3) is 0 Å². The average molecular weight is 538 g/mol. The molecule has 0 saturated heterocycles. The predicted octanol–water partition coefficient (Wildman–Crippen LogP) is 7.36. The van der Waals surface area contributed by atoms with Gasteiger partial charge in [0.2, 0.25) is 0 Å². The lowest BCUT2D eigenvalue weighted by Crippen LogP contribution is -2.20. The van der Waals surface area contributed by atoms with Gasteiger partial charge in [-0.1, -0.05) is 60.1 Å². The number of benzene rings is 3. The second-order valence-electron chi connectivity index (χ2n) is 8.94. The van der Waals surface area contributed by atoms with E-state index >= 15 is 4.39 Å². The van der Waals surface area contributed by atoms with Gasteiger partial charge in [0.1, 0.15) is 17.5 Å². The highest BCUT2D eigenvalue weighted by molar-refractivity contribution is 6.31. The van der Waals surface area contributed by atoms with E-state index in [2.05, 4.69) is 10.4 Å². The fourth-order valence-corrected chi connectivity index (χ4v) is 4.72. The number of aromatic carboxylic acids is 1. The molecular weight excluding hydrogens is 516 g/mol. The van der Waals surface area contributed by atoms with Crippen molar-refractivity contribution in [3.05, 3.63) is 100 Å². The third-order valence-corrected chi connectivity index (χ3v) is 6.71. The van der Waals surface area contributed by atoms with E-state index in [9.17, 15) is 19.1 Å². The molecule has 1 aromatic heterocycles. The lowest BCUT2D eigenvalue weighted by molar-refractivity contribution is 0.0691. The Morgan fingerprint density at radius 2 is 1.82 bits per heavy atom. The van der Waals surface area contributed by atoms with E-state index in [1.54, 1.807) is 55.5 Å². The van der Waals surface area contributed by atoms with E-state index in [0.717, 1.165) is 23.7 Å². The minimum absolute atomic E-state index is 0.120. The van der Waals surface area contributed by atoms with Crippen molar-refractivity contribution < 1.29 is 28.2 Å². The number of aromatic nitrogens is 2. The van der Waals surface area contributed by atoms with Gasteiger partial charge in [-0.25, -0.2) is 23.1 Å². The first-order valence-corrected chi connectivity index (χ1v) is 12.2. The maximum Gasteiger partial charge on any atom is 0.413 e. The Balaban J connectivity index is 1.56. The van der Waals surface area contributed by atoms with Crippen molar-refractivity contribution in [3.63, 3.8) is 0 Å². The second-order valence-corrected chi connectivity index (χ2v) is 9.35. The minimum atomic E-state index is -1.55. The van der Waals surface area contributed by atoms with E-state index in [1.165, 1.54) is 6.07 Å². The maximum atomic E-state index is 15.9. The van der Waals surface area contributed by atoms with Gasteiger partial charge in [-0.05, 0) is 54.5 Å². The highest BCUT2D eigenvalue weighted by atomic mass is 35.5.